The Bertz CT molecular complexity index is 1140. The summed E-state index contributed by atoms with van der Waals surface area (Å²) in [5.41, 5.74) is 3.86. The van der Waals surface area contributed by atoms with Crippen molar-refractivity contribution >= 4 is 0 Å². The normalized spacial score (nSPS) is 13.2. The summed E-state index contributed by atoms with van der Waals surface area (Å²) in [6, 6.07) is 2.28. The van der Waals surface area contributed by atoms with E-state index in [4.69, 9.17) is 9.97 Å². The predicted molar refractivity (Wildman–Crippen MR) is 134 cm³/mol. The van der Waals surface area contributed by atoms with Gasteiger partial charge in [-0.25, -0.2) is 4.98 Å². The number of H-pyrrole nitrogens is 1. The second-order valence-electron chi connectivity index (χ2n) is 12.6. The molecule has 0 aliphatic heterocycles. The van der Waals surface area contributed by atoms with Crippen molar-refractivity contribution in [2.75, 3.05) is 0 Å². The molecule has 0 aromatic carbocycles. The first-order valence-electron chi connectivity index (χ1n) is 11.7. The average molecular weight is 452 g/mol. The lowest BCUT2D eigenvalue weighted by Crippen LogP contribution is -2.33. The summed E-state index contributed by atoms with van der Waals surface area (Å²) in [4.78, 5) is 30.1. The van der Waals surface area contributed by atoms with Crippen LogP contribution in [0.1, 0.15) is 122 Å². The van der Waals surface area contributed by atoms with Gasteiger partial charge in [-0.2, -0.15) is 5.26 Å². The fourth-order valence-electron chi connectivity index (χ4n) is 4.35. The molecule has 0 fully saturated rings. The first-order valence-corrected chi connectivity index (χ1v) is 11.7. The quantitative estimate of drug-likeness (QED) is 0.631. The zero-order valence-corrected chi connectivity index (χ0v) is 22.6. The average Bonchev–Trinajstić information content (AvgIpc) is 2.66. The SMILES string of the molecule is Cc1nc(C(C)(C)CCC(C)(C)c2[nH]c(=O)c(C(C)(C)C)nc2C)c(C#N)nc1C(C)(C)C. The van der Waals surface area contributed by atoms with Crippen LogP contribution in [0.15, 0.2) is 4.79 Å². The van der Waals surface area contributed by atoms with Crippen molar-refractivity contribution < 1.29 is 0 Å². The number of nitriles is 1. The van der Waals surface area contributed by atoms with Crippen molar-refractivity contribution in [2.45, 2.75) is 118 Å². The van der Waals surface area contributed by atoms with Gasteiger partial charge in [-0.1, -0.05) is 69.2 Å². The molecule has 0 saturated carbocycles. The first kappa shape index (κ1) is 26.7. The van der Waals surface area contributed by atoms with E-state index < -0.39 is 0 Å². The Labute approximate surface area is 199 Å². The number of nitrogens with one attached hydrogen (secondary N) is 1. The van der Waals surface area contributed by atoms with Crippen molar-refractivity contribution in [2.24, 2.45) is 0 Å². The van der Waals surface area contributed by atoms with Gasteiger partial charge in [0.05, 0.1) is 22.8 Å². The Morgan fingerprint density at radius 2 is 1.21 bits per heavy atom. The molecule has 0 radical (unpaired) electrons. The first-order chi connectivity index (χ1) is 14.8. The summed E-state index contributed by atoms with van der Waals surface area (Å²) in [5.74, 6) is 0. The molecule has 0 unspecified atom stereocenters. The second kappa shape index (κ2) is 8.66. The summed E-state index contributed by atoms with van der Waals surface area (Å²) < 4.78 is 0. The zero-order valence-electron chi connectivity index (χ0n) is 22.6. The molecule has 180 valence electrons. The fourth-order valence-corrected chi connectivity index (χ4v) is 4.35. The summed E-state index contributed by atoms with van der Waals surface area (Å²) in [5, 5.41) is 9.83. The van der Waals surface area contributed by atoms with Crippen LogP contribution in [0.3, 0.4) is 0 Å². The van der Waals surface area contributed by atoms with Crippen LogP contribution in [-0.4, -0.2) is 19.9 Å². The van der Waals surface area contributed by atoms with Crippen molar-refractivity contribution in [3.05, 3.63) is 50.2 Å². The Hall–Kier alpha value is -2.55. The van der Waals surface area contributed by atoms with E-state index in [9.17, 15) is 10.1 Å². The molecule has 0 aliphatic carbocycles. The Balaban J connectivity index is 2.41. The lowest BCUT2D eigenvalue weighted by Gasteiger charge is -2.33. The van der Waals surface area contributed by atoms with Gasteiger partial charge in [0.25, 0.3) is 5.56 Å². The molecule has 0 spiro atoms. The van der Waals surface area contributed by atoms with E-state index in [2.05, 4.69) is 64.5 Å². The number of hydrogen-bond donors (Lipinski definition) is 1. The van der Waals surface area contributed by atoms with Crippen LogP contribution < -0.4 is 5.56 Å². The minimum Gasteiger partial charge on any atom is -0.322 e. The smallest absolute Gasteiger partial charge is 0.270 e. The van der Waals surface area contributed by atoms with E-state index in [-0.39, 0.29) is 27.2 Å². The Morgan fingerprint density at radius 1 is 0.727 bits per heavy atom. The highest BCUT2D eigenvalue weighted by Gasteiger charge is 2.34. The van der Waals surface area contributed by atoms with Crippen LogP contribution in [0.25, 0.3) is 0 Å². The summed E-state index contributed by atoms with van der Waals surface area (Å²) in [6.07, 6.45) is 1.57. The molecule has 0 atom stereocenters. The number of aromatic nitrogens is 4. The van der Waals surface area contributed by atoms with E-state index in [1.165, 1.54) is 0 Å². The van der Waals surface area contributed by atoms with E-state index in [0.717, 1.165) is 41.3 Å². The maximum Gasteiger partial charge on any atom is 0.270 e. The third-order valence-electron chi connectivity index (χ3n) is 6.38. The van der Waals surface area contributed by atoms with Gasteiger partial charge in [-0.3, -0.25) is 14.8 Å². The monoisotopic (exact) mass is 451 g/mol. The lowest BCUT2D eigenvalue weighted by molar-refractivity contribution is 0.358. The molecule has 0 amide bonds. The number of hydrogen-bond acceptors (Lipinski definition) is 5. The van der Waals surface area contributed by atoms with Crippen molar-refractivity contribution in [1.29, 1.82) is 5.26 Å². The molecule has 2 heterocycles. The van der Waals surface area contributed by atoms with Gasteiger partial charge < -0.3 is 4.98 Å². The highest BCUT2D eigenvalue weighted by Crippen LogP contribution is 2.37. The molecule has 0 aliphatic rings. The molecule has 2 aromatic rings. The lowest BCUT2D eigenvalue weighted by atomic mass is 9.74. The topological polar surface area (TPSA) is 95.3 Å². The predicted octanol–water partition coefficient (Wildman–Crippen LogP) is 5.68. The van der Waals surface area contributed by atoms with Crippen LogP contribution in [0, 0.1) is 25.2 Å². The zero-order chi connectivity index (χ0) is 25.6. The van der Waals surface area contributed by atoms with Gasteiger partial charge in [0.2, 0.25) is 0 Å². The number of aryl methyl sites for hydroxylation is 2. The van der Waals surface area contributed by atoms with Gasteiger partial charge in [-0.05, 0) is 26.7 Å². The van der Waals surface area contributed by atoms with E-state index in [0.29, 0.717) is 11.4 Å². The molecular formula is C27H41N5O. The third kappa shape index (κ3) is 5.69. The van der Waals surface area contributed by atoms with E-state index in [1.807, 2.05) is 34.6 Å². The second-order valence-corrected chi connectivity index (χ2v) is 12.6. The fraction of sp³-hybridized carbons (Fsp3) is 0.667. The summed E-state index contributed by atoms with van der Waals surface area (Å²) >= 11 is 0. The number of rotatable bonds is 5. The maximum absolute atomic E-state index is 12.8. The standard InChI is InChI=1S/C27H41N5O/c1-16-19(24(3,4)5)31-18(15-28)21(29-16)27(11,12)14-13-26(9,10)20-17(2)30-22(23(33)32-20)25(6,7)8/h13-14H2,1-12H3,(H,32,33). The largest absolute Gasteiger partial charge is 0.322 e. The van der Waals surface area contributed by atoms with Crippen LogP contribution in [0.5, 0.6) is 0 Å². The molecule has 2 rings (SSSR count). The van der Waals surface area contributed by atoms with Crippen molar-refractivity contribution in [1.82, 2.24) is 19.9 Å². The molecule has 0 saturated heterocycles. The highest BCUT2D eigenvalue weighted by molar-refractivity contribution is 5.36. The minimum absolute atomic E-state index is 0.124. The third-order valence-corrected chi connectivity index (χ3v) is 6.38. The van der Waals surface area contributed by atoms with Crippen LogP contribution in [0.4, 0.5) is 0 Å². The summed E-state index contributed by atoms with van der Waals surface area (Å²) in [7, 11) is 0. The molecule has 1 N–H and O–H groups in total. The van der Waals surface area contributed by atoms with Crippen LogP contribution in [0.2, 0.25) is 0 Å². The Kier molecular flexibility index (Phi) is 7.01. The van der Waals surface area contributed by atoms with Crippen LogP contribution >= 0.6 is 0 Å². The van der Waals surface area contributed by atoms with Gasteiger partial charge in [0, 0.05) is 27.4 Å². The van der Waals surface area contributed by atoms with Crippen LogP contribution in [-0.2, 0) is 21.7 Å². The van der Waals surface area contributed by atoms with Crippen molar-refractivity contribution in [3.8, 4) is 6.07 Å². The highest BCUT2D eigenvalue weighted by atomic mass is 16.1. The molecule has 2 aromatic heterocycles. The van der Waals surface area contributed by atoms with Gasteiger partial charge >= 0.3 is 0 Å². The maximum atomic E-state index is 12.8. The summed E-state index contributed by atoms with van der Waals surface area (Å²) in [6.45, 7) is 24.7. The molecule has 33 heavy (non-hydrogen) atoms. The molecule has 6 nitrogen and oxygen atoms in total. The van der Waals surface area contributed by atoms with E-state index >= 15 is 0 Å². The van der Waals surface area contributed by atoms with Gasteiger partial charge in [-0.15, -0.1) is 0 Å². The Morgan fingerprint density at radius 3 is 1.70 bits per heavy atom. The van der Waals surface area contributed by atoms with Crippen molar-refractivity contribution in [3.63, 3.8) is 0 Å². The number of nitrogens with zero attached hydrogens (tertiary/aromatic N) is 4. The minimum atomic E-state index is -0.358. The van der Waals surface area contributed by atoms with E-state index in [1.54, 1.807) is 0 Å². The van der Waals surface area contributed by atoms with Gasteiger partial charge in [0.1, 0.15) is 11.8 Å². The number of aromatic amines is 1. The van der Waals surface area contributed by atoms with Gasteiger partial charge in [0.15, 0.2) is 5.69 Å². The molecule has 0 bridgehead atoms. The molecule has 6 heteroatoms. The molecular weight excluding hydrogens is 410 g/mol.